The molecule has 0 aromatic carbocycles. The second kappa shape index (κ2) is 9.90. The van der Waals surface area contributed by atoms with Crippen LogP contribution in [0.3, 0.4) is 0 Å². The molecule has 2 heteroatoms. The van der Waals surface area contributed by atoms with E-state index in [2.05, 4.69) is 12.7 Å². The fourth-order valence-corrected chi connectivity index (χ4v) is 0.934. The molecule has 0 aliphatic heterocycles. The normalized spacial score (nSPS) is 9.86. The van der Waals surface area contributed by atoms with Gasteiger partial charge in [-0.1, -0.05) is 24.8 Å². The Morgan fingerprint density at radius 1 is 1.14 bits per heavy atom. The van der Waals surface area contributed by atoms with Crippen molar-refractivity contribution in [2.75, 3.05) is 13.2 Å². The molecule has 0 aromatic rings. The highest BCUT2D eigenvalue weighted by Crippen LogP contribution is 2.03. The fourth-order valence-electron chi connectivity index (χ4n) is 0.934. The van der Waals surface area contributed by atoms with Crippen LogP contribution >= 0.6 is 0 Å². The molecule has 0 amide bonds. The van der Waals surface area contributed by atoms with Gasteiger partial charge < -0.3 is 9.47 Å². The lowest BCUT2D eigenvalue weighted by molar-refractivity contribution is 0.0455. The topological polar surface area (TPSA) is 18.5 Å². The van der Waals surface area contributed by atoms with Gasteiger partial charge in [0, 0.05) is 0 Å². The Labute approximate surface area is 86.9 Å². The van der Waals surface area contributed by atoms with E-state index in [0.717, 1.165) is 12.8 Å². The maximum atomic E-state index is 5.28. The minimum absolute atomic E-state index is 0.641. The summed E-state index contributed by atoms with van der Waals surface area (Å²) in [6.45, 7) is 8.79. The number of ether oxygens (including phenoxy) is 2. The molecule has 0 atom stereocenters. The molecule has 2 nitrogen and oxygen atoms in total. The summed E-state index contributed by atoms with van der Waals surface area (Å²) in [6, 6.07) is 0. The molecule has 0 N–H and O–H groups in total. The molecule has 0 heterocycles. The van der Waals surface area contributed by atoms with Crippen LogP contribution in [0.25, 0.3) is 0 Å². The zero-order chi connectivity index (χ0) is 10.6. The van der Waals surface area contributed by atoms with Gasteiger partial charge >= 0.3 is 0 Å². The van der Waals surface area contributed by atoms with Crippen molar-refractivity contribution in [3.8, 4) is 0 Å². The molecule has 0 saturated carbocycles. The van der Waals surface area contributed by atoms with Gasteiger partial charge in [0.15, 0.2) is 0 Å². The van der Waals surface area contributed by atoms with Crippen LogP contribution in [0.15, 0.2) is 36.8 Å². The van der Waals surface area contributed by atoms with Gasteiger partial charge in [-0.3, -0.25) is 0 Å². The Morgan fingerprint density at radius 2 is 1.79 bits per heavy atom. The predicted molar refractivity (Wildman–Crippen MR) is 59.9 cm³/mol. The number of rotatable bonds is 8. The molecule has 0 aromatic heterocycles. The van der Waals surface area contributed by atoms with Crippen LogP contribution < -0.4 is 0 Å². The summed E-state index contributed by atoms with van der Waals surface area (Å²) in [7, 11) is 0. The Hall–Kier alpha value is -1.18. The number of hydrogen-bond acceptors (Lipinski definition) is 2. The van der Waals surface area contributed by atoms with Gasteiger partial charge in [0.1, 0.15) is 0 Å². The molecular weight excluding hydrogens is 176 g/mol. The van der Waals surface area contributed by atoms with Crippen LogP contribution in [0.2, 0.25) is 0 Å². The third-order valence-corrected chi connectivity index (χ3v) is 1.49. The first-order valence-electron chi connectivity index (χ1n) is 5.08. The highest BCUT2D eigenvalue weighted by molar-refractivity contribution is 4.98. The molecule has 0 radical (unpaired) electrons. The first-order valence-corrected chi connectivity index (χ1v) is 5.08. The standard InChI is InChI=1S/C12H20O2/c1-4-7-8-9-10-11-12(13-5-2)14-6-3/h4,7-8,11H,1,5-6,9-10H2,2-3H3. The summed E-state index contributed by atoms with van der Waals surface area (Å²) in [6.07, 6.45) is 9.67. The molecule has 0 bridgehead atoms. The number of allylic oxidation sites excluding steroid dienone is 4. The summed E-state index contributed by atoms with van der Waals surface area (Å²) < 4.78 is 10.6. The van der Waals surface area contributed by atoms with Gasteiger partial charge in [-0.15, -0.1) is 0 Å². The summed E-state index contributed by atoms with van der Waals surface area (Å²) in [5.74, 6) is 0.641. The predicted octanol–water partition coefficient (Wildman–Crippen LogP) is 3.42. The summed E-state index contributed by atoms with van der Waals surface area (Å²) in [4.78, 5) is 0. The van der Waals surface area contributed by atoms with Crippen molar-refractivity contribution >= 4 is 0 Å². The first-order chi connectivity index (χ1) is 6.85. The largest absolute Gasteiger partial charge is 0.466 e. The van der Waals surface area contributed by atoms with Crippen molar-refractivity contribution in [3.63, 3.8) is 0 Å². The van der Waals surface area contributed by atoms with Crippen molar-refractivity contribution in [1.82, 2.24) is 0 Å². The minimum Gasteiger partial charge on any atom is -0.466 e. The van der Waals surface area contributed by atoms with E-state index in [4.69, 9.17) is 9.47 Å². The van der Waals surface area contributed by atoms with Crippen molar-refractivity contribution in [1.29, 1.82) is 0 Å². The van der Waals surface area contributed by atoms with E-state index in [1.165, 1.54) is 0 Å². The Balaban J connectivity index is 3.77. The zero-order valence-electron chi connectivity index (χ0n) is 9.16. The van der Waals surface area contributed by atoms with Crippen molar-refractivity contribution in [3.05, 3.63) is 36.8 Å². The van der Waals surface area contributed by atoms with Gasteiger partial charge in [-0.25, -0.2) is 0 Å². The van der Waals surface area contributed by atoms with Crippen LogP contribution in [0, 0.1) is 0 Å². The average Bonchev–Trinajstić information content (AvgIpc) is 2.18. The van der Waals surface area contributed by atoms with Crippen LogP contribution in [-0.4, -0.2) is 13.2 Å². The molecule has 0 rings (SSSR count). The van der Waals surface area contributed by atoms with Crippen molar-refractivity contribution in [2.24, 2.45) is 0 Å². The number of unbranched alkanes of at least 4 members (excludes halogenated alkanes) is 1. The Bertz CT molecular complexity index is 184. The molecule has 0 spiro atoms. The molecule has 0 unspecified atom stereocenters. The van der Waals surface area contributed by atoms with Gasteiger partial charge in [0.25, 0.3) is 5.95 Å². The lowest BCUT2D eigenvalue weighted by Gasteiger charge is -2.07. The van der Waals surface area contributed by atoms with Crippen LogP contribution in [-0.2, 0) is 9.47 Å². The summed E-state index contributed by atoms with van der Waals surface area (Å²) in [5.41, 5.74) is 0. The summed E-state index contributed by atoms with van der Waals surface area (Å²) in [5, 5.41) is 0. The molecular formula is C12H20O2. The third-order valence-electron chi connectivity index (χ3n) is 1.49. The number of hydrogen-bond donors (Lipinski definition) is 0. The van der Waals surface area contributed by atoms with E-state index in [1.807, 2.05) is 26.0 Å². The van der Waals surface area contributed by atoms with Crippen molar-refractivity contribution < 1.29 is 9.47 Å². The van der Waals surface area contributed by atoms with Crippen LogP contribution in [0.4, 0.5) is 0 Å². The molecule has 14 heavy (non-hydrogen) atoms. The quantitative estimate of drug-likeness (QED) is 0.336. The lowest BCUT2D eigenvalue weighted by atomic mass is 10.3. The lowest BCUT2D eigenvalue weighted by Crippen LogP contribution is -1.97. The fraction of sp³-hybridized carbons (Fsp3) is 0.500. The van der Waals surface area contributed by atoms with E-state index < -0.39 is 0 Å². The minimum atomic E-state index is 0.641. The molecule has 80 valence electrons. The third kappa shape index (κ3) is 7.47. The maximum Gasteiger partial charge on any atom is 0.274 e. The van der Waals surface area contributed by atoms with Gasteiger partial charge in [-0.2, -0.15) is 0 Å². The second-order valence-corrected chi connectivity index (χ2v) is 2.63. The Kier molecular flexibility index (Phi) is 9.07. The van der Waals surface area contributed by atoms with E-state index in [9.17, 15) is 0 Å². The van der Waals surface area contributed by atoms with E-state index in [-0.39, 0.29) is 0 Å². The van der Waals surface area contributed by atoms with E-state index in [0.29, 0.717) is 19.2 Å². The molecule has 0 saturated heterocycles. The highest BCUT2D eigenvalue weighted by atomic mass is 16.7. The smallest absolute Gasteiger partial charge is 0.274 e. The maximum absolute atomic E-state index is 5.28. The highest BCUT2D eigenvalue weighted by Gasteiger charge is 1.94. The van der Waals surface area contributed by atoms with Gasteiger partial charge in [0.2, 0.25) is 0 Å². The van der Waals surface area contributed by atoms with Crippen LogP contribution in [0.1, 0.15) is 26.7 Å². The van der Waals surface area contributed by atoms with Gasteiger partial charge in [0.05, 0.1) is 13.2 Å². The molecule has 0 aliphatic carbocycles. The SMILES string of the molecule is C=CC=CCCC=C(OCC)OCC. The monoisotopic (exact) mass is 196 g/mol. The van der Waals surface area contributed by atoms with Crippen LogP contribution in [0.5, 0.6) is 0 Å². The first kappa shape index (κ1) is 12.8. The average molecular weight is 196 g/mol. The van der Waals surface area contributed by atoms with Gasteiger partial charge in [-0.05, 0) is 32.8 Å². The van der Waals surface area contributed by atoms with Crippen molar-refractivity contribution in [2.45, 2.75) is 26.7 Å². The van der Waals surface area contributed by atoms with E-state index >= 15 is 0 Å². The summed E-state index contributed by atoms with van der Waals surface area (Å²) >= 11 is 0. The second-order valence-electron chi connectivity index (χ2n) is 2.63. The molecule has 0 aliphatic rings. The Morgan fingerprint density at radius 3 is 2.29 bits per heavy atom. The van der Waals surface area contributed by atoms with E-state index in [1.54, 1.807) is 6.08 Å². The zero-order valence-corrected chi connectivity index (χ0v) is 9.16. The molecule has 0 fully saturated rings.